The fourth-order valence-electron chi connectivity index (χ4n) is 2.01. The molecule has 3 aromatic rings. The highest BCUT2D eigenvalue weighted by Gasteiger charge is 2.15. The molecule has 1 aromatic carbocycles. The summed E-state index contributed by atoms with van der Waals surface area (Å²) < 4.78 is 2.17. The molecule has 7 heteroatoms. The summed E-state index contributed by atoms with van der Waals surface area (Å²) in [4.78, 5) is 16.3. The molecule has 2 aromatic heterocycles. The minimum Gasteiger partial charge on any atom is -0.345 e. The first-order valence-corrected chi connectivity index (χ1v) is 7.88. The molecule has 0 saturated heterocycles. The SMILES string of the molecule is Cc1csc(Cl)c1C(=O)NCc1ncn(-c2ccccc2)n1. The van der Waals surface area contributed by atoms with Crippen LogP contribution in [-0.2, 0) is 6.54 Å². The number of para-hydroxylation sites is 1. The summed E-state index contributed by atoms with van der Waals surface area (Å²) in [7, 11) is 0. The summed E-state index contributed by atoms with van der Waals surface area (Å²) in [6.45, 7) is 2.12. The Balaban J connectivity index is 1.68. The monoisotopic (exact) mass is 332 g/mol. The number of hydrogen-bond acceptors (Lipinski definition) is 4. The minimum atomic E-state index is -0.209. The molecule has 0 spiro atoms. The van der Waals surface area contributed by atoms with Gasteiger partial charge in [-0.2, -0.15) is 0 Å². The van der Waals surface area contributed by atoms with Gasteiger partial charge < -0.3 is 5.32 Å². The van der Waals surface area contributed by atoms with Crippen LogP contribution in [0.25, 0.3) is 5.69 Å². The lowest BCUT2D eigenvalue weighted by atomic mass is 10.2. The fraction of sp³-hybridized carbons (Fsp3) is 0.133. The zero-order valence-electron chi connectivity index (χ0n) is 11.8. The van der Waals surface area contributed by atoms with Crippen molar-refractivity contribution in [3.8, 4) is 5.69 Å². The zero-order chi connectivity index (χ0) is 15.5. The minimum absolute atomic E-state index is 0.209. The van der Waals surface area contributed by atoms with Gasteiger partial charge in [-0.3, -0.25) is 4.79 Å². The van der Waals surface area contributed by atoms with Crippen LogP contribution in [0.2, 0.25) is 4.34 Å². The molecule has 0 unspecified atom stereocenters. The second-order valence-corrected chi connectivity index (χ2v) is 6.17. The summed E-state index contributed by atoms with van der Waals surface area (Å²) >= 11 is 7.38. The number of benzene rings is 1. The van der Waals surface area contributed by atoms with Crippen LogP contribution in [0.15, 0.2) is 42.0 Å². The lowest BCUT2D eigenvalue weighted by molar-refractivity contribution is 0.0950. The third-order valence-corrected chi connectivity index (χ3v) is 4.46. The van der Waals surface area contributed by atoms with Gasteiger partial charge in [0.25, 0.3) is 5.91 Å². The van der Waals surface area contributed by atoms with Crippen LogP contribution in [0.4, 0.5) is 0 Å². The standard InChI is InChI=1S/C15H13ClN4OS/c1-10-8-22-14(16)13(10)15(21)17-7-12-18-9-20(19-12)11-5-3-2-4-6-11/h2-6,8-9H,7H2,1H3,(H,17,21). The normalized spacial score (nSPS) is 10.6. The van der Waals surface area contributed by atoms with Gasteiger partial charge in [0.1, 0.15) is 10.7 Å². The smallest absolute Gasteiger partial charge is 0.254 e. The first-order chi connectivity index (χ1) is 10.6. The van der Waals surface area contributed by atoms with Gasteiger partial charge in [0.15, 0.2) is 5.82 Å². The quantitative estimate of drug-likeness (QED) is 0.798. The molecule has 1 amide bonds. The van der Waals surface area contributed by atoms with Crippen LogP contribution in [0.3, 0.4) is 0 Å². The number of nitrogens with one attached hydrogen (secondary N) is 1. The van der Waals surface area contributed by atoms with Gasteiger partial charge in [0.05, 0.1) is 17.8 Å². The first-order valence-electron chi connectivity index (χ1n) is 6.63. The topological polar surface area (TPSA) is 59.8 Å². The van der Waals surface area contributed by atoms with Crippen molar-refractivity contribution in [3.05, 3.63) is 63.3 Å². The maximum Gasteiger partial charge on any atom is 0.254 e. The van der Waals surface area contributed by atoms with Crippen molar-refractivity contribution in [1.82, 2.24) is 20.1 Å². The Morgan fingerprint density at radius 2 is 2.14 bits per heavy atom. The van der Waals surface area contributed by atoms with Gasteiger partial charge in [-0.1, -0.05) is 29.8 Å². The molecule has 3 rings (SSSR count). The van der Waals surface area contributed by atoms with E-state index < -0.39 is 0 Å². The molecular formula is C15H13ClN4OS. The summed E-state index contributed by atoms with van der Waals surface area (Å²) in [5.41, 5.74) is 2.31. The third kappa shape index (κ3) is 3.03. The van der Waals surface area contributed by atoms with E-state index in [-0.39, 0.29) is 12.5 Å². The number of aryl methyl sites for hydroxylation is 1. The van der Waals surface area contributed by atoms with Crippen molar-refractivity contribution in [3.63, 3.8) is 0 Å². The molecule has 0 fully saturated rings. The van der Waals surface area contributed by atoms with Crippen LogP contribution < -0.4 is 5.32 Å². The number of aromatic nitrogens is 3. The zero-order valence-corrected chi connectivity index (χ0v) is 13.4. The predicted molar refractivity (Wildman–Crippen MR) is 86.6 cm³/mol. The molecule has 0 aliphatic rings. The number of thiophene rings is 1. The van der Waals surface area contributed by atoms with Crippen molar-refractivity contribution < 1.29 is 4.79 Å². The summed E-state index contributed by atoms with van der Waals surface area (Å²) in [5.74, 6) is 0.334. The fourth-order valence-corrected chi connectivity index (χ4v) is 3.15. The van der Waals surface area contributed by atoms with Crippen molar-refractivity contribution in [2.45, 2.75) is 13.5 Å². The second-order valence-electron chi connectivity index (χ2n) is 4.69. The molecular weight excluding hydrogens is 320 g/mol. The number of nitrogens with zero attached hydrogens (tertiary/aromatic N) is 3. The molecule has 1 N–H and O–H groups in total. The Hall–Kier alpha value is -2.18. The molecule has 22 heavy (non-hydrogen) atoms. The van der Waals surface area contributed by atoms with Crippen LogP contribution in [0, 0.1) is 6.92 Å². The Bertz CT molecular complexity index is 777. The van der Waals surface area contributed by atoms with E-state index in [1.165, 1.54) is 11.3 Å². The van der Waals surface area contributed by atoms with Gasteiger partial charge in [-0.05, 0) is 30.0 Å². The third-order valence-electron chi connectivity index (χ3n) is 3.12. The van der Waals surface area contributed by atoms with Crippen molar-refractivity contribution >= 4 is 28.8 Å². The van der Waals surface area contributed by atoms with Crippen LogP contribution in [-0.4, -0.2) is 20.7 Å². The van der Waals surface area contributed by atoms with E-state index in [1.54, 1.807) is 11.0 Å². The van der Waals surface area contributed by atoms with Crippen molar-refractivity contribution in [1.29, 1.82) is 0 Å². The van der Waals surface area contributed by atoms with Gasteiger partial charge >= 0.3 is 0 Å². The molecule has 112 valence electrons. The second kappa shape index (κ2) is 6.29. The molecule has 0 atom stereocenters. The van der Waals surface area contributed by atoms with E-state index in [4.69, 9.17) is 11.6 Å². The van der Waals surface area contributed by atoms with E-state index in [0.717, 1.165) is 11.3 Å². The molecule has 0 radical (unpaired) electrons. The van der Waals surface area contributed by atoms with Crippen LogP contribution in [0.1, 0.15) is 21.7 Å². The van der Waals surface area contributed by atoms with Gasteiger partial charge in [0.2, 0.25) is 0 Å². The van der Waals surface area contributed by atoms with Gasteiger partial charge in [-0.25, -0.2) is 9.67 Å². The molecule has 5 nitrogen and oxygen atoms in total. The van der Waals surface area contributed by atoms with Crippen LogP contribution in [0.5, 0.6) is 0 Å². The Kier molecular flexibility index (Phi) is 4.22. The average molecular weight is 333 g/mol. The lowest BCUT2D eigenvalue weighted by Gasteiger charge is -2.03. The van der Waals surface area contributed by atoms with Gasteiger partial charge in [0, 0.05) is 0 Å². The van der Waals surface area contributed by atoms with Gasteiger partial charge in [-0.15, -0.1) is 16.4 Å². The molecule has 2 heterocycles. The number of rotatable bonds is 4. The maximum atomic E-state index is 12.1. The number of amides is 1. The van der Waals surface area contributed by atoms with Crippen molar-refractivity contribution in [2.75, 3.05) is 0 Å². The predicted octanol–water partition coefficient (Wildman–Crippen LogP) is 3.22. The number of halogens is 1. The highest BCUT2D eigenvalue weighted by Crippen LogP contribution is 2.26. The Labute approximate surface area is 136 Å². The van der Waals surface area contributed by atoms with E-state index >= 15 is 0 Å². The highest BCUT2D eigenvalue weighted by molar-refractivity contribution is 7.15. The summed E-state index contributed by atoms with van der Waals surface area (Å²) in [5, 5.41) is 8.99. The highest BCUT2D eigenvalue weighted by atomic mass is 35.5. The number of hydrogen-bond donors (Lipinski definition) is 1. The Morgan fingerprint density at radius 1 is 1.36 bits per heavy atom. The van der Waals surface area contributed by atoms with E-state index in [0.29, 0.717) is 15.7 Å². The lowest BCUT2D eigenvalue weighted by Crippen LogP contribution is -2.24. The summed E-state index contributed by atoms with van der Waals surface area (Å²) in [6.07, 6.45) is 1.62. The molecule has 0 saturated carbocycles. The molecule has 0 bridgehead atoms. The van der Waals surface area contributed by atoms with Crippen LogP contribution >= 0.6 is 22.9 Å². The number of carbonyl (C=O) groups excluding carboxylic acids is 1. The largest absolute Gasteiger partial charge is 0.345 e. The maximum absolute atomic E-state index is 12.1. The van der Waals surface area contributed by atoms with E-state index in [1.807, 2.05) is 42.6 Å². The first kappa shape index (κ1) is 14.7. The van der Waals surface area contributed by atoms with E-state index in [9.17, 15) is 4.79 Å². The molecule has 0 aliphatic heterocycles. The van der Waals surface area contributed by atoms with E-state index in [2.05, 4.69) is 15.4 Å². The number of carbonyl (C=O) groups is 1. The van der Waals surface area contributed by atoms with Crippen molar-refractivity contribution in [2.24, 2.45) is 0 Å². The average Bonchev–Trinajstić information content (AvgIpc) is 3.13. The molecule has 0 aliphatic carbocycles. The summed E-state index contributed by atoms with van der Waals surface area (Å²) in [6, 6.07) is 9.67. The Morgan fingerprint density at radius 3 is 2.82 bits per heavy atom.